The Bertz CT molecular complexity index is 707. The van der Waals surface area contributed by atoms with E-state index in [0.717, 1.165) is 11.0 Å². The van der Waals surface area contributed by atoms with Gasteiger partial charge in [-0.15, -0.1) is 0 Å². The summed E-state index contributed by atoms with van der Waals surface area (Å²) in [7, 11) is 0. The maximum Gasteiger partial charge on any atom is 0.312 e. The van der Waals surface area contributed by atoms with Gasteiger partial charge in [0.05, 0.1) is 12.5 Å². The summed E-state index contributed by atoms with van der Waals surface area (Å²) < 4.78 is 10.5. The first-order valence-electron chi connectivity index (χ1n) is 7.42. The lowest BCUT2D eigenvalue weighted by Gasteiger charge is -2.11. The molecule has 0 aliphatic carbocycles. The van der Waals surface area contributed by atoms with Gasteiger partial charge in [0.2, 0.25) is 0 Å². The molecule has 1 atom stereocenters. The molecule has 8 heteroatoms. The van der Waals surface area contributed by atoms with Gasteiger partial charge < -0.3 is 25.5 Å². The number of carbonyl (C=O) groups is 3. The Morgan fingerprint density at radius 3 is 2.75 bits per heavy atom. The highest BCUT2D eigenvalue weighted by Gasteiger charge is 2.15. The molecule has 0 aliphatic heterocycles. The lowest BCUT2D eigenvalue weighted by atomic mass is 10.2. The van der Waals surface area contributed by atoms with Crippen molar-refractivity contribution in [3.63, 3.8) is 0 Å². The lowest BCUT2D eigenvalue weighted by Crippen LogP contribution is -2.33. The third-order valence-electron chi connectivity index (χ3n) is 3.24. The first-order chi connectivity index (χ1) is 11.5. The van der Waals surface area contributed by atoms with Gasteiger partial charge in [0.25, 0.3) is 5.91 Å². The zero-order valence-electron chi connectivity index (χ0n) is 13.2. The highest BCUT2D eigenvalue weighted by molar-refractivity contribution is 5.81. The molecule has 24 heavy (non-hydrogen) atoms. The van der Waals surface area contributed by atoms with Crippen molar-refractivity contribution in [1.82, 2.24) is 10.6 Å². The number of ether oxygens (including phenoxy) is 1. The Morgan fingerprint density at radius 2 is 2.04 bits per heavy atom. The molecule has 3 amide bonds. The number of nitrogens with one attached hydrogen (secondary N) is 2. The van der Waals surface area contributed by atoms with Crippen molar-refractivity contribution in [2.75, 3.05) is 13.2 Å². The zero-order chi connectivity index (χ0) is 17.5. The number of rotatable bonds is 7. The van der Waals surface area contributed by atoms with Crippen LogP contribution >= 0.6 is 0 Å². The molecule has 128 valence electrons. The number of para-hydroxylation sites is 1. The molecular weight excluding hydrogens is 314 g/mol. The summed E-state index contributed by atoms with van der Waals surface area (Å²) in [5.74, 6) is -0.434. The molecule has 0 saturated heterocycles. The third-order valence-corrected chi connectivity index (χ3v) is 3.24. The van der Waals surface area contributed by atoms with E-state index in [9.17, 15) is 14.4 Å². The molecule has 0 bridgehead atoms. The van der Waals surface area contributed by atoms with E-state index in [1.54, 1.807) is 6.92 Å². The average Bonchev–Trinajstić information content (AvgIpc) is 2.97. The summed E-state index contributed by atoms with van der Waals surface area (Å²) >= 11 is 0. The van der Waals surface area contributed by atoms with Crippen LogP contribution < -0.4 is 16.4 Å². The summed E-state index contributed by atoms with van der Waals surface area (Å²) in [6.07, 6.45) is -0.0602. The fourth-order valence-electron chi connectivity index (χ4n) is 2.08. The van der Waals surface area contributed by atoms with E-state index in [2.05, 4.69) is 10.6 Å². The average molecular weight is 333 g/mol. The molecule has 0 spiro atoms. The second-order valence-corrected chi connectivity index (χ2v) is 5.18. The van der Waals surface area contributed by atoms with Gasteiger partial charge in [-0.3, -0.25) is 9.59 Å². The first-order valence-corrected chi connectivity index (χ1v) is 7.42. The molecule has 4 N–H and O–H groups in total. The molecule has 1 aromatic carbocycles. The van der Waals surface area contributed by atoms with E-state index in [-0.39, 0.29) is 19.0 Å². The quantitative estimate of drug-likeness (QED) is 0.657. The van der Waals surface area contributed by atoms with Gasteiger partial charge in [0.15, 0.2) is 6.61 Å². The van der Waals surface area contributed by atoms with Crippen LogP contribution in [-0.4, -0.2) is 31.1 Å². The van der Waals surface area contributed by atoms with Crippen molar-refractivity contribution in [2.24, 2.45) is 5.73 Å². The van der Waals surface area contributed by atoms with E-state index in [1.807, 2.05) is 30.3 Å². The highest BCUT2D eigenvalue weighted by atomic mass is 16.5. The SMILES string of the molecule is C[C@@H](NC(=O)COC(=O)CCNC(N)=O)c1cc2ccccc2o1. The number of fused-ring (bicyclic) bond motifs is 1. The van der Waals surface area contributed by atoms with Gasteiger partial charge in [-0.05, 0) is 19.1 Å². The third kappa shape index (κ3) is 5.01. The van der Waals surface area contributed by atoms with E-state index in [1.165, 1.54) is 0 Å². The van der Waals surface area contributed by atoms with Crippen LogP contribution in [0.25, 0.3) is 11.0 Å². The van der Waals surface area contributed by atoms with Crippen molar-refractivity contribution in [3.8, 4) is 0 Å². The highest BCUT2D eigenvalue weighted by Crippen LogP contribution is 2.23. The minimum absolute atomic E-state index is 0.0602. The molecule has 2 rings (SSSR count). The number of furan rings is 1. The molecule has 0 radical (unpaired) electrons. The molecule has 0 fully saturated rings. The van der Waals surface area contributed by atoms with Crippen molar-refractivity contribution in [2.45, 2.75) is 19.4 Å². The largest absolute Gasteiger partial charge is 0.459 e. The van der Waals surface area contributed by atoms with E-state index in [4.69, 9.17) is 14.9 Å². The van der Waals surface area contributed by atoms with Crippen LogP contribution in [0.4, 0.5) is 4.79 Å². The minimum Gasteiger partial charge on any atom is -0.459 e. The van der Waals surface area contributed by atoms with Gasteiger partial charge in [-0.2, -0.15) is 0 Å². The van der Waals surface area contributed by atoms with E-state index in [0.29, 0.717) is 5.76 Å². The molecule has 8 nitrogen and oxygen atoms in total. The van der Waals surface area contributed by atoms with Crippen molar-refractivity contribution in [3.05, 3.63) is 36.1 Å². The van der Waals surface area contributed by atoms with Crippen LogP contribution in [0.15, 0.2) is 34.7 Å². The first kappa shape index (κ1) is 17.3. The van der Waals surface area contributed by atoms with Crippen LogP contribution in [0.1, 0.15) is 25.1 Å². The Labute approximate surface area is 138 Å². The predicted octanol–water partition coefficient (Wildman–Crippen LogP) is 1.21. The number of amides is 3. The molecule has 0 unspecified atom stereocenters. The number of carbonyl (C=O) groups excluding carboxylic acids is 3. The summed E-state index contributed by atoms with van der Waals surface area (Å²) in [6.45, 7) is 1.43. The molecule has 0 aliphatic rings. The van der Waals surface area contributed by atoms with Crippen molar-refractivity contribution >= 4 is 28.9 Å². The summed E-state index contributed by atoms with van der Waals surface area (Å²) in [4.78, 5) is 33.7. The topological polar surface area (TPSA) is 124 Å². The normalized spacial score (nSPS) is 11.7. The number of hydrogen-bond acceptors (Lipinski definition) is 5. The second kappa shape index (κ2) is 8.00. The summed E-state index contributed by atoms with van der Waals surface area (Å²) in [5, 5.41) is 5.89. The summed E-state index contributed by atoms with van der Waals surface area (Å²) in [5.41, 5.74) is 5.60. The predicted molar refractivity (Wildman–Crippen MR) is 85.9 cm³/mol. The van der Waals surface area contributed by atoms with Gasteiger partial charge in [0, 0.05) is 11.9 Å². The zero-order valence-corrected chi connectivity index (χ0v) is 13.2. The number of esters is 1. The Morgan fingerprint density at radius 1 is 1.29 bits per heavy atom. The Balaban J connectivity index is 1.77. The van der Waals surface area contributed by atoms with Gasteiger partial charge in [0.1, 0.15) is 11.3 Å². The van der Waals surface area contributed by atoms with Gasteiger partial charge in [-0.25, -0.2) is 4.79 Å². The number of benzene rings is 1. The molecule has 2 aromatic rings. The maximum atomic E-state index is 11.8. The molecular formula is C16H19N3O5. The summed E-state index contributed by atoms with van der Waals surface area (Å²) in [6, 6.07) is 8.29. The van der Waals surface area contributed by atoms with Crippen LogP contribution in [0.5, 0.6) is 0 Å². The fourth-order valence-corrected chi connectivity index (χ4v) is 2.08. The van der Waals surface area contributed by atoms with Crippen LogP contribution in [0.3, 0.4) is 0 Å². The Kier molecular flexibility index (Phi) is 5.78. The maximum absolute atomic E-state index is 11.8. The van der Waals surface area contributed by atoms with Crippen molar-refractivity contribution in [1.29, 1.82) is 0 Å². The standard InChI is InChI=1S/C16H19N3O5/c1-10(13-8-11-4-2-3-5-12(11)24-13)19-14(20)9-23-15(21)6-7-18-16(17)22/h2-5,8,10H,6-7,9H2,1H3,(H,19,20)(H3,17,18,22)/t10-/m1/s1. The fraction of sp³-hybridized carbons (Fsp3) is 0.312. The number of hydrogen-bond donors (Lipinski definition) is 3. The van der Waals surface area contributed by atoms with Crippen LogP contribution in [0, 0.1) is 0 Å². The van der Waals surface area contributed by atoms with Gasteiger partial charge in [-0.1, -0.05) is 18.2 Å². The minimum atomic E-state index is -0.722. The molecule has 1 aromatic heterocycles. The number of urea groups is 1. The van der Waals surface area contributed by atoms with E-state index >= 15 is 0 Å². The van der Waals surface area contributed by atoms with E-state index < -0.39 is 24.5 Å². The second-order valence-electron chi connectivity index (χ2n) is 5.18. The Hall–Kier alpha value is -3.03. The van der Waals surface area contributed by atoms with Crippen molar-refractivity contribution < 1.29 is 23.5 Å². The lowest BCUT2D eigenvalue weighted by molar-refractivity contribution is -0.148. The number of primary amides is 1. The molecule has 1 heterocycles. The van der Waals surface area contributed by atoms with Crippen LogP contribution in [0.2, 0.25) is 0 Å². The van der Waals surface area contributed by atoms with Crippen LogP contribution in [-0.2, 0) is 14.3 Å². The molecule has 0 saturated carbocycles. The monoisotopic (exact) mass is 333 g/mol. The smallest absolute Gasteiger partial charge is 0.312 e. The van der Waals surface area contributed by atoms with Gasteiger partial charge >= 0.3 is 12.0 Å². The number of nitrogens with two attached hydrogens (primary N) is 1.